The van der Waals surface area contributed by atoms with Gasteiger partial charge in [0.2, 0.25) is 5.91 Å². The summed E-state index contributed by atoms with van der Waals surface area (Å²) in [5.74, 6) is -1.61. The fourth-order valence-electron chi connectivity index (χ4n) is 2.81. The first-order chi connectivity index (χ1) is 12.0. The number of nitrogens with one attached hydrogen (secondary N) is 1. The molecule has 2 rings (SSSR count). The maximum atomic E-state index is 12.0. The second kappa shape index (κ2) is 8.46. The summed E-state index contributed by atoms with van der Waals surface area (Å²) in [5, 5.41) is 12.1. The van der Waals surface area contributed by atoms with Crippen LogP contribution < -0.4 is 10.2 Å². The molecule has 0 unspecified atom stereocenters. The molecule has 25 heavy (non-hydrogen) atoms. The van der Waals surface area contributed by atoms with E-state index < -0.39 is 5.97 Å². The monoisotopic (exact) mass is 349 g/mol. The van der Waals surface area contributed by atoms with E-state index in [2.05, 4.69) is 10.3 Å². The third-order valence-electron chi connectivity index (χ3n) is 4.04. The number of piperidine rings is 1. The number of pyridine rings is 1. The molecule has 2 N–H and O–H groups in total. The lowest BCUT2D eigenvalue weighted by Crippen LogP contribution is -2.40. The Labute approximate surface area is 146 Å². The van der Waals surface area contributed by atoms with Gasteiger partial charge in [0.05, 0.1) is 24.4 Å². The van der Waals surface area contributed by atoms with Gasteiger partial charge in [0.1, 0.15) is 11.4 Å². The van der Waals surface area contributed by atoms with E-state index >= 15 is 0 Å². The molecule has 1 aliphatic heterocycles. The first-order valence-corrected chi connectivity index (χ1v) is 8.41. The summed E-state index contributed by atoms with van der Waals surface area (Å²) in [5.41, 5.74) is 0.338. The zero-order chi connectivity index (χ0) is 18.4. The van der Waals surface area contributed by atoms with Crippen molar-refractivity contribution in [1.82, 2.24) is 4.98 Å². The first kappa shape index (κ1) is 18.7. The summed E-state index contributed by atoms with van der Waals surface area (Å²) in [6.45, 7) is 4.76. The van der Waals surface area contributed by atoms with Crippen molar-refractivity contribution >= 4 is 29.4 Å². The van der Waals surface area contributed by atoms with Crippen molar-refractivity contribution in [2.24, 2.45) is 5.92 Å². The van der Waals surface area contributed by atoms with Crippen LogP contribution in [0.15, 0.2) is 12.3 Å². The number of anilines is 2. The zero-order valence-electron chi connectivity index (χ0n) is 14.4. The van der Waals surface area contributed by atoms with Gasteiger partial charge >= 0.3 is 11.9 Å². The normalized spacial score (nSPS) is 17.0. The summed E-state index contributed by atoms with van der Waals surface area (Å²) in [6.07, 6.45) is 3.18. The molecule has 0 saturated carbocycles. The lowest BCUT2D eigenvalue weighted by molar-refractivity contribution is -0.148. The number of carboxylic acid groups (broad SMARTS) is 1. The van der Waals surface area contributed by atoms with Gasteiger partial charge in [-0.15, -0.1) is 0 Å². The Morgan fingerprint density at radius 3 is 2.80 bits per heavy atom. The number of hydrogen-bond acceptors (Lipinski definition) is 6. The van der Waals surface area contributed by atoms with Crippen molar-refractivity contribution in [1.29, 1.82) is 0 Å². The molecule has 0 spiro atoms. The van der Waals surface area contributed by atoms with Crippen LogP contribution in [0, 0.1) is 5.92 Å². The minimum absolute atomic E-state index is 0.00147. The maximum Gasteiger partial charge on any atom is 0.339 e. The highest BCUT2D eigenvalue weighted by Crippen LogP contribution is 2.27. The van der Waals surface area contributed by atoms with E-state index in [4.69, 9.17) is 4.74 Å². The van der Waals surface area contributed by atoms with Gasteiger partial charge in [-0.2, -0.15) is 0 Å². The molecule has 8 nitrogen and oxygen atoms in total. The second-order valence-corrected chi connectivity index (χ2v) is 5.84. The van der Waals surface area contributed by atoms with Gasteiger partial charge in [-0.05, 0) is 25.8 Å². The third kappa shape index (κ3) is 4.68. The van der Waals surface area contributed by atoms with E-state index in [9.17, 15) is 19.5 Å². The molecule has 1 fully saturated rings. The van der Waals surface area contributed by atoms with Gasteiger partial charge in [-0.3, -0.25) is 9.59 Å². The molecule has 0 bridgehead atoms. The third-order valence-corrected chi connectivity index (χ3v) is 4.04. The van der Waals surface area contributed by atoms with Crippen molar-refractivity contribution in [2.75, 3.05) is 29.9 Å². The maximum absolute atomic E-state index is 12.0. The largest absolute Gasteiger partial charge is 0.478 e. The Kier molecular flexibility index (Phi) is 6.32. The molecule has 8 heteroatoms. The van der Waals surface area contributed by atoms with Crippen LogP contribution in [-0.2, 0) is 14.3 Å². The van der Waals surface area contributed by atoms with Crippen molar-refractivity contribution in [3.63, 3.8) is 0 Å². The Bertz CT molecular complexity index is 662. The fraction of sp³-hybridized carbons (Fsp3) is 0.529. The molecule has 1 atom stereocenters. The number of amides is 1. The van der Waals surface area contributed by atoms with Crippen LogP contribution in [0.2, 0.25) is 0 Å². The second-order valence-electron chi connectivity index (χ2n) is 5.84. The number of aromatic carboxylic acids is 1. The summed E-state index contributed by atoms with van der Waals surface area (Å²) >= 11 is 0. The van der Waals surface area contributed by atoms with Crippen LogP contribution >= 0.6 is 0 Å². The van der Waals surface area contributed by atoms with Crippen LogP contribution in [0.4, 0.5) is 11.5 Å². The number of carbonyl (C=O) groups excluding carboxylic acids is 2. The van der Waals surface area contributed by atoms with Gasteiger partial charge in [-0.25, -0.2) is 9.78 Å². The van der Waals surface area contributed by atoms with Crippen LogP contribution in [0.5, 0.6) is 0 Å². The molecule has 1 saturated heterocycles. The SMILES string of the molecule is CCOC(=O)[C@@H]1CCCN(c2ncc(NC(=O)CC)cc2C(=O)O)C1. The number of ether oxygens (including phenoxy) is 1. The molecule has 2 heterocycles. The molecule has 0 aliphatic carbocycles. The Morgan fingerprint density at radius 2 is 2.16 bits per heavy atom. The van der Waals surface area contributed by atoms with Gasteiger partial charge in [0.15, 0.2) is 0 Å². The lowest BCUT2D eigenvalue weighted by Gasteiger charge is -2.33. The quantitative estimate of drug-likeness (QED) is 0.755. The predicted octanol–water partition coefficient (Wildman–Crippen LogP) is 1.91. The highest BCUT2D eigenvalue weighted by Gasteiger charge is 2.29. The molecule has 0 aromatic carbocycles. The van der Waals surface area contributed by atoms with Crippen molar-refractivity contribution in [3.05, 3.63) is 17.8 Å². The van der Waals surface area contributed by atoms with E-state index in [1.165, 1.54) is 12.3 Å². The molecular weight excluding hydrogens is 326 g/mol. The highest BCUT2D eigenvalue weighted by atomic mass is 16.5. The van der Waals surface area contributed by atoms with Gasteiger partial charge in [0.25, 0.3) is 0 Å². The van der Waals surface area contributed by atoms with Gasteiger partial charge in [0, 0.05) is 19.5 Å². The number of nitrogens with zero attached hydrogens (tertiary/aromatic N) is 2. The average Bonchev–Trinajstić information content (AvgIpc) is 2.61. The van der Waals surface area contributed by atoms with Gasteiger partial charge < -0.3 is 20.1 Å². The van der Waals surface area contributed by atoms with Gasteiger partial charge in [-0.1, -0.05) is 6.92 Å². The van der Waals surface area contributed by atoms with Crippen LogP contribution in [0.3, 0.4) is 0 Å². The zero-order valence-corrected chi connectivity index (χ0v) is 14.4. The predicted molar refractivity (Wildman–Crippen MR) is 91.7 cm³/mol. The lowest BCUT2D eigenvalue weighted by atomic mass is 9.98. The Balaban J connectivity index is 2.23. The van der Waals surface area contributed by atoms with Crippen LogP contribution in [-0.4, -0.2) is 47.6 Å². The smallest absolute Gasteiger partial charge is 0.339 e. The van der Waals surface area contributed by atoms with Crippen molar-refractivity contribution < 1.29 is 24.2 Å². The number of carbonyl (C=O) groups is 3. The minimum atomic E-state index is -1.13. The molecule has 1 aromatic heterocycles. The fourth-order valence-corrected chi connectivity index (χ4v) is 2.81. The Morgan fingerprint density at radius 1 is 1.40 bits per heavy atom. The summed E-state index contributed by atoms with van der Waals surface area (Å²) in [6, 6.07) is 1.40. The van der Waals surface area contributed by atoms with Crippen molar-refractivity contribution in [2.45, 2.75) is 33.1 Å². The van der Waals surface area contributed by atoms with E-state index in [1.54, 1.807) is 18.7 Å². The van der Waals surface area contributed by atoms with E-state index in [0.717, 1.165) is 6.42 Å². The van der Waals surface area contributed by atoms with E-state index in [1.807, 2.05) is 0 Å². The summed E-state index contributed by atoms with van der Waals surface area (Å²) < 4.78 is 5.07. The number of esters is 1. The standard InChI is InChI=1S/C17H23N3O5/c1-3-14(21)19-12-8-13(16(22)23)15(18-9-12)20-7-5-6-11(10-20)17(24)25-4-2/h8-9,11H,3-7,10H2,1-2H3,(H,19,21)(H,22,23)/t11-/m1/s1. The molecule has 0 radical (unpaired) electrons. The molecule has 1 aromatic rings. The number of aromatic nitrogens is 1. The molecule has 1 amide bonds. The Hall–Kier alpha value is -2.64. The van der Waals surface area contributed by atoms with Crippen molar-refractivity contribution in [3.8, 4) is 0 Å². The molecule has 1 aliphatic rings. The van der Waals surface area contributed by atoms with Crippen LogP contribution in [0.1, 0.15) is 43.5 Å². The highest BCUT2D eigenvalue weighted by molar-refractivity contribution is 5.97. The molecule has 136 valence electrons. The number of hydrogen-bond donors (Lipinski definition) is 2. The van der Waals surface area contributed by atoms with E-state index in [-0.39, 0.29) is 29.8 Å². The van der Waals surface area contributed by atoms with E-state index in [0.29, 0.717) is 37.6 Å². The topological polar surface area (TPSA) is 109 Å². The minimum Gasteiger partial charge on any atom is -0.478 e. The first-order valence-electron chi connectivity index (χ1n) is 8.41. The van der Waals surface area contributed by atoms with Crippen LogP contribution in [0.25, 0.3) is 0 Å². The number of rotatable bonds is 6. The molecular formula is C17H23N3O5. The summed E-state index contributed by atoms with van der Waals surface area (Å²) in [7, 11) is 0. The summed E-state index contributed by atoms with van der Waals surface area (Å²) in [4.78, 5) is 41.1. The average molecular weight is 349 g/mol. The number of carboxylic acids is 1.